The molecule has 1 amide bonds. The molecule has 0 aliphatic rings. The maximum Gasteiger partial charge on any atom is 0.241 e. The van der Waals surface area contributed by atoms with Crippen molar-refractivity contribution >= 4 is 24.0 Å². The average molecular weight is 327 g/mol. The number of nitrogens with one attached hydrogen (secondary N) is 1. The van der Waals surface area contributed by atoms with E-state index in [2.05, 4.69) is 10.4 Å². The van der Waals surface area contributed by atoms with Crippen LogP contribution in [0.25, 0.3) is 5.69 Å². The third-order valence-corrected chi connectivity index (χ3v) is 3.16. The highest BCUT2D eigenvalue weighted by Gasteiger charge is 2.27. The Morgan fingerprint density at radius 3 is 2.59 bits per heavy atom. The van der Waals surface area contributed by atoms with E-state index in [1.165, 1.54) is 16.9 Å². The number of hydrogen-bond donors (Lipinski definition) is 2. The van der Waals surface area contributed by atoms with Crippen LogP contribution in [-0.4, -0.2) is 21.7 Å². The first kappa shape index (κ1) is 18.1. The van der Waals surface area contributed by atoms with Crippen molar-refractivity contribution < 1.29 is 9.18 Å². The number of amides is 1. The van der Waals surface area contributed by atoms with Gasteiger partial charge in [0.1, 0.15) is 11.5 Å². The van der Waals surface area contributed by atoms with Crippen LogP contribution in [0.15, 0.2) is 36.7 Å². The number of halogens is 2. The zero-order valence-electron chi connectivity index (χ0n) is 12.7. The monoisotopic (exact) mass is 326 g/mol. The molecule has 0 aliphatic carbocycles. The molecular formula is C15H20ClFN4O. The third-order valence-electron chi connectivity index (χ3n) is 3.16. The summed E-state index contributed by atoms with van der Waals surface area (Å²) < 4.78 is 15.0. The minimum atomic E-state index is -0.644. The van der Waals surface area contributed by atoms with Gasteiger partial charge in [-0.05, 0) is 17.5 Å². The number of anilines is 1. The van der Waals surface area contributed by atoms with Crippen LogP contribution in [0.4, 0.5) is 10.1 Å². The summed E-state index contributed by atoms with van der Waals surface area (Å²) in [4.78, 5) is 12.0. The molecule has 3 N–H and O–H groups in total. The average Bonchev–Trinajstić information content (AvgIpc) is 2.85. The third kappa shape index (κ3) is 4.05. The van der Waals surface area contributed by atoms with Crippen molar-refractivity contribution in [2.24, 2.45) is 11.1 Å². The van der Waals surface area contributed by atoms with Crippen molar-refractivity contribution in [3.63, 3.8) is 0 Å². The van der Waals surface area contributed by atoms with Crippen LogP contribution < -0.4 is 11.1 Å². The predicted molar refractivity (Wildman–Crippen MR) is 86.8 cm³/mol. The highest BCUT2D eigenvalue weighted by atomic mass is 35.5. The van der Waals surface area contributed by atoms with Gasteiger partial charge in [0.25, 0.3) is 0 Å². The van der Waals surface area contributed by atoms with Gasteiger partial charge in [-0.15, -0.1) is 12.4 Å². The van der Waals surface area contributed by atoms with Crippen molar-refractivity contribution in [3.05, 3.63) is 42.5 Å². The maximum absolute atomic E-state index is 13.7. The SMILES string of the molecule is CC(C)(C)[C@H](N)C(=O)Nc1cnn(-c2ccccc2F)c1.Cl. The molecule has 22 heavy (non-hydrogen) atoms. The first-order valence-electron chi connectivity index (χ1n) is 6.65. The molecule has 2 aromatic rings. The Bertz CT molecular complexity index is 651. The summed E-state index contributed by atoms with van der Waals surface area (Å²) >= 11 is 0. The second kappa shape index (κ2) is 6.89. The normalized spacial score (nSPS) is 12.4. The molecule has 7 heteroatoms. The summed E-state index contributed by atoms with van der Waals surface area (Å²) in [6, 6.07) is 5.63. The number of para-hydroxylation sites is 1. The van der Waals surface area contributed by atoms with E-state index in [0.29, 0.717) is 11.4 Å². The molecule has 2 rings (SSSR count). The Kier molecular flexibility index (Phi) is 5.68. The van der Waals surface area contributed by atoms with Gasteiger partial charge in [0.2, 0.25) is 5.91 Å². The van der Waals surface area contributed by atoms with Crippen LogP contribution in [-0.2, 0) is 4.79 Å². The Morgan fingerprint density at radius 1 is 1.36 bits per heavy atom. The number of nitrogens with zero attached hydrogens (tertiary/aromatic N) is 2. The summed E-state index contributed by atoms with van der Waals surface area (Å²) in [7, 11) is 0. The molecule has 120 valence electrons. The van der Waals surface area contributed by atoms with E-state index in [1.54, 1.807) is 24.4 Å². The highest BCUT2D eigenvalue weighted by Crippen LogP contribution is 2.19. The van der Waals surface area contributed by atoms with Crippen molar-refractivity contribution in [3.8, 4) is 5.69 Å². The number of nitrogens with two attached hydrogens (primary N) is 1. The van der Waals surface area contributed by atoms with Gasteiger partial charge in [0, 0.05) is 0 Å². The molecule has 0 aliphatic heterocycles. The molecule has 1 aromatic heterocycles. The molecular weight excluding hydrogens is 307 g/mol. The van der Waals surface area contributed by atoms with Gasteiger partial charge in [-0.25, -0.2) is 9.07 Å². The fourth-order valence-electron chi connectivity index (χ4n) is 1.77. The lowest BCUT2D eigenvalue weighted by Gasteiger charge is -2.25. The Hall–Kier alpha value is -1.92. The van der Waals surface area contributed by atoms with Gasteiger partial charge in [0.15, 0.2) is 0 Å². The van der Waals surface area contributed by atoms with Gasteiger partial charge in [0.05, 0.1) is 24.1 Å². The maximum atomic E-state index is 13.7. The van der Waals surface area contributed by atoms with Gasteiger partial charge >= 0.3 is 0 Å². The minimum Gasteiger partial charge on any atom is -0.322 e. The number of carbonyl (C=O) groups excluding carboxylic acids is 1. The number of rotatable bonds is 3. The van der Waals surface area contributed by atoms with Crippen LogP contribution in [0.1, 0.15) is 20.8 Å². The van der Waals surface area contributed by atoms with E-state index < -0.39 is 6.04 Å². The molecule has 1 heterocycles. The van der Waals surface area contributed by atoms with Gasteiger partial charge in [-0.3, -0.25) is 4.79 Å². The summed E-state index contributed by atoms with van der Waals surface area (Å²) in [6.45, 7) is 5.67. The summed E-state index contributed by atoms with van der Waals surface area (Å²) in [6.07, 6.45) is 3.01. The minimum absolute atomic E-state index is 0. The Morgan fingerprint density at radius 2 is 2.00 bits per heavy atom. The lowest BCUT2D eigenvalue weighted by Crippen LogP contribution is -2.45. The fourth-order valence-corrected chi connectivity index (χ4v) is 1.77. The number of hydrogen-bond acceptors (Lipinski definition) is 3. The zero-order chi connectivity index (χ0) is 15.6. The summed E-state index contributed by atoms with van der Waals surface area (Å²) in [5.41, 5.74) is 6.34. The summed E-state index contributed by atoms with van der Waals surface area (Å²) in [5, 5.41) is 6.73. The van der Waals surface area contributed by atoms with Crippen LogP contribution in [0.2, 0.25) is 0 Å². The van der Waals surface area contributed by atoms with Crippen molar-refractivity contribution in [2.75, 3.05) is 5.32 Å². The van der Waals surface area contributed by atoms with Crippen LogP contribution in [0.3, 0.4) is 0 Å². The molecule has 1 atom stereocenters. The highest BCUT2D eigenvalue weighted by molar-refractivity contribution is 5.95. The summed E-state index contributed by atoms with van der Waals surface area (Å²) in [5.74, 6) is -0.680. The fraction of sp³-hybridized carbons (Fsp3) is 0.333. The molecule has 0 fully saturated rings. The molecule has 5 nitrogen and oxygen atoms in total. The predicted octanol–water partition coefficient (Wildman–Crippen LogP) is 2.75. The second-order valence-corrected chi connectivity index (χ2v) is 5.96. The van der Waals surface area contributed by atoms with E-state index >= 15 is 0 Å². The van der Waals surface area contributed by atoms with Crippen LogP contribution >= 0.6 is 12.4 Å². The van der Waals surface area contributed by atoms with Gasteiger partial charge < -0.3 is 11.1 Å². The molecule has 0 saturated heterocycles. The Balaban J connectivity index is 0.00000242. The van der Waals surface area contributed by atoms with E-state index in [1.807, 2.05) is 20.8 Å². The topological polar surface area (TPSA) is 72.9 Å². The molecule has 0 spiro atoms. The standard InChI is InChI=1S/C15H19FN4O.ClH/c1-15(2,3)13(17)14(21)19-10-8-18-20(9-10)12-7-5-4-6-11(12)16;/h4-9,13H,17H2,1-3H3,(H,19,21);1H/t13-;/m1./s1. The zero-order valence-corrected chi connectivity index (χ0v) is 13.5. The van der Waals surface area contributed by atoms with Gasteiger partial charge in [-0.2, -0.15) is 5.10 Å². The van der Waals surface area contributed by atoms with Crippen molar-refractivity contribution in [1.29, 1.82) is 0 Å². The first-order chi connectivity index (χ1) is 9.79. The van der Waals surface area contributed by atoms with Crippen LogP contribution in [0, 0.1) is 11.2 Å². The number of aromatic nitrogens is 2. The van der Waals surface area contributed by atoms with E-state index in [-0.39, 0.29) is 29.5 Å². The molecule has 0 radical (unpaired) electrons. The van der Waals surface area contributed by atoms with Crippen LogP contribution in [0.5, 0.6) is 0 Å². The van der Waals surface area contributed by atoms with E-state index in [9.17, 15) is 9.18 Å². The van der Waals surface area contributed by atoms with E-state index in [4.69, 9.17) is 5.73 Å². The van der Waals surface area contributed by atoms with Gasteiger partial charge in [-0.1, -0.05) is 32.9 Å². The quantitative estimate of drug-likeness (QED) is 0.911. The number of carbonyl (C=O) groups is 1. The van der Waals surface area contributed by atoms with Crippen molar-refractivity contribution in [1.82, 2.24) is 9.78 Å². The first-order valence-corrected chi connectivity index (χ1v) is 6.65. The number of benzene rings is 1. The largest absolute Gasteiger partial charge is 0.322 e. The lowest BCUT2D eigenvalue weighted by molar-refractivity contribution is -0.119. The van der Waals surface area contributed by atoms with Crippen molar-refractivity contribution in [2.45, 2.75) is 26.8 Å². The molecule has 0 bridgehead atoms. The molecule has 0 unspecified atom stereocenters. The second-order valence-electron chi connectivity index (χ2n) is 5.96. The Labute approximate surface area is 135 Å². The lowest BCUT2D eigenvalue weighted by atomic mass is 9.87. The molecule has 0 saturated carbocycles. The van der Waals surface area contributed by atoms with E-state index in [0.717, 1.165) is 0 Å². The smallest absolute Gasteiger partial charge is 0.241 e. The molecule has 1 aromatic carbocycles.